The Morgan fingerprint density at radius 3 is 2.75 bits per heavy atom. The largest absolute Gasteiger partial charge is 0.481 e. The molecule has 4 rings (SSSR count). The molecule has 0 bridgehead atoms. The quantitative estimate of drug-likeness (QED) is 0.767. The number of aliphatic carboxylic acids is 1. The van der Waals surface area contributed by atoms with E-state index in [0.29, 0.717) is 19.1 Å². The molecule has 1 saturated heterocycles. The van der Waals surface area contributed by atoms with Crippen LogP contribution >= 0.6 is 11.6 Å². The Morgan fingerprint density at radius 1 is 1.29 bits per heavy atom. The molecule has 1 aliphatic heterocycles. The van der Waals surface area contributed by atoms with Crippen molar-refractivity contribution in [2.45, 2.75) is 39.3 Å². The Hall–Kier alpha value is -2.04. The van der Waals surface area contributed by atoms with Crippen LogP contribution in [0.25, 0.3) is 0 Å². The zero-order chi connectivity index (χ0) is 19.8. The van der Waals surface area contributed by atoms with Crippen LogP contribution in [0.5, 0.6) is 0 Å². The summed E-state index contributed by atoms with van der Waals surface area (Å²) in [5.74, 6) is -0.875. The number of carboxylic acids is 1. The third kappa shape index (κ3) is 3.51. The van der Waals surface area contributed by atoms with Crippen molar-refractivity contribution in [3.63, 3.8) is 0 Å². The van der Waals surface area contributed by atoms with Gasteiger partial charge < -0.3 is 10.0 Å². The van der Waals surface area contributed by atoms with E-state index in [1.165, 1.54) is 22.4 Å². The highest BCUT2D eigenvalue weighted by molar-refractivity contribution is 6.31. The Balaban J connectivity index is 1.55. The smallest absolute Gasteiger partial charge is 0.309 e. The topological polar surface area (TPSA) is 43.8 Å². The van der Waals surface area contributed by atoms with Gasteiger partial charge >= 0.3 is 5.97 Å². The number of rotatable bonds is 6. The second-order valence-electron chi connectivity index (χ2n) is 7.99. The van der Waals surface area contributed by atoms with Crippen LogP contribution in [0.2, 0.25) is 5.02 Å². The fraction of sp³-hybridized carbons (Fsp3) is 0.435. The number of nitrogens with zero attached hydrogens (tertiary/aromatic N) is 2. The van der Waals surface area contributed by atoms with Crippen LogP contribution in [-0.4, -0.2) is 35.6 Å². The Kier molecular flexibility index (Phi) is 5.35. The summed E-state index contributed by atoms with van der Waals surface area (Å²) in [5.41, 5.74) is 6.56. The number of carbonyl (C=O) groups is 1. The van der Waals surface area contributed by atoms with Crippen LogP contribution in [0.15, 0.2) is 36.4 Å². The molecule has 1 heterocycles. The van der Waals surface area contributed by atoms with Crippen molar-refractivity contribution in [2.24, 2.45) is 5.92 Å². The summed E-state index contributed by atoms with van der Waals surface area (Å²) < 4.78 is 0. The van der Waals surface area contributed by atoms with E-state index < -0.39 is 5.97 Å². The number of hydrogen-bond donors (Lipinski definition) is 1. The average molecular weight is 399 g/mol. The summed E-state index contributed by atoms with van der Waals surface area (Å²) in [4.78, 5) is 15.8. The van der Waals surface area contributed by atoms with Crippen molar-refractivity contribution >= 4 is 23.3 Å². The molecule has 1 N–H and O–H groups in total. The zero-order valence-corrected chi connectivity index (χ0v) is 17.2. The number of benzene rings is 2. The summed E-state index contributed by atoms with van der Waals surface area (Å²) in [6.07, 6.45) is 2.19. The summed E-state index contributed by atoms with van der Waals surface area (Å²) >= 11 is 6.23. The molecule has 0 amide bonds. The Bertz CT molecular complexity index is 892. The van der Waals surface area contributed by atoms with E-state index in [1.807, 2.05) is 6.07 Å². The molecule has 0 radical (unpaired) electrons. The van der Waals surface area contributed by atoms with Crippen molar-refractivity contribution in [2.75, 3.05) is 24.5 Å². The number of hydrogen-bond acceptors (Lipinski definition) is 3. The normalized spacial score (nSPS) is 19.3. The average Bonchev–Trinajstić information content (AvgIpc) is 3.06. The van der Waals surface area contributed by atoms with Crippen LogP contribution in [0.4, 0.5) is 5.69 Å². The monoisotopic (exact) mass is 398 g/mol. The predicted octanol–water partition coefficient (Wildman–Crippen LogP) is 4.68. The van der Waals surface area contributed by atoms with Gasteiger partial charge in [-0.15, -0.1) is 0 Å². The number of fused-ring (bicyclic) bond motifs is 1. The zero-order valence-electron chi connectivity index (χ0n) is 16.5. The minimum absolute atomic E-state index is 0.201. The van der Waals surface area contributed by atoms with Crippen molar-refractivity contribution in [3.8, 4) is 0 Å². The first-order valence-corrected chi connectivity index (χ1v) is 10.4. The van der Waals surface area contributed by atoms with Gasteiger partial charge in [0.2, 0.25) is 0 Å². The molecule has 2 aromatic rings. The van der Waals surface area contributed by atoms with Gasteiger partial charge in [0.05, 0.1) is 12.0 Å². The lowest BCUT2D eigenvalue weighted by atomic mass is 9.96. The minimum atomic E-state index is -0.675. The highest BCUT2D eigenvalue weighted by Gasteiger charge is 2.34. The van der Waals surface area contributed by atoms with Gasteiger partial charge in [-0.25, -0.2) is 0 Å². The summed E-state index contributed by atoms with van der Waals surface area (Å²) in [6.45, 7) is 7.38. The van der Waals surface area contributed by atoms with Gasteiger partial charge in [-0.3, -0.25) is 9.69 Å². The van der Waals surface area contributed by atoms with Crippen LogP contribution in [0.3, 0.4) is 0 Å². The van der Waals surface area contributed by atoms with E-state index in [0.717, 1.165) is 36.5 Å². The lowest BCUT2D eigenvalue weighted by Gasteiger charge is -2.37. The van der Waals surface area contributed by atoms with Crippen molar-refractivity contribution in [1.82, 2.24) is 4.90 Å². The maximum atomic E-state index is 11.1. The molecule has 0 spiro atoms. The van der Waals surface area contributed by atoms with E-state index in [9.17, 15) is 4.79 Å². The van der Waals surface area contributed by atoms with Crippen LogP contribution < -0.4 is 4.90 Å². The lowest BCUT2D eigenvalue weighted by molar-refractivity contribution is -0.147. The first-order valence-electron chi connectivity index (χ1n) is 10.1. The number of halogens is 1. The third-order valence-corrected chi connectivity index (χ3v) is 6.65. The van der Waals surface area contributed by atoms with Gasteiger partial charge in [0.25, 0.3) is 0 Å². The van der Waals surface area contributed by atoms with Gasteiger partial charge in [-0.05, 0) is 67.1 Å². The SMILES string of the molecule is CCN(c1ccc(Cl)c(C)c1)C1CCc2c(CN3CC(C(=O)O)C3)cccc21. The van der Waals surface area contributed by atoms with E-state index in [4.69, 9.17) is 16.7 Å². The van der Waals surface area contributed by atoms with Gasteiger partial charge in [-0.1, -0.05) is 29.8 Å². The van der Waals surface area contributed by atoms with E-state index in [-0.39, 0.29) is 5.92 Å². The summed E-state index contributed by atoms with van der Waals surface area (Å²) in [7, 11) is 0. The van der Waals surface area contributed by atoms with Crippen molar-refractivity contribution in [3.05, 3.63) is 63.7 Å². The molecule has 28 heavy (non-hydrogen) atoms. The Morgan fingerprint density at radius 2 is 2.07 bits per heavy atom. The predicted molar refractivity (Wildman–Crippen MR) is 113 cm³/mol. The van der Waals surface area contributed by atoms with E-state index in [2.05, 4.69) is 54.0 Å². The molecule has 4 nitrogen and oxygen atoms in total. The van der Waals surface area contributed by atoms with Gasteiger partial charge in [0.15, 0.2) is 0 Å². The standard InChI is InChI=1S/C23H27ClN2O2/c1-3-26(18-7-9-21(24)15(2)11-18)22-10-8-19-16(5-4-6-20(19)22)12-25-13-17(14-25)23(27)28/h4-7,9,11,17,22H,3,8,10,12-14H2,1-2H3,(H,27,28). The summed E-state index contributed by atoms with van der Waals surface area (Å²) in [6, 6.07) is 13.3. The second-order valence-corrected chi connectivity index (χ2v) is 8.40. The minimum Gasteiger partial charge on any atom is -0.481 e. The molecule has 148 valence electrons. The van der Waals surface area contributed by atoms with Gasteiger partial charge in [0.1, 0.15) is 0 Å². The molecule has 1 atom stereocenters. The maximum Gasteiger partial charge on any atom is 0.309 e. The number of anilines is 1. The van der Waals surface area contributed by atoms with Crippen LogP contribution in [-0.2, 0) is 17.8 Å². The summed E-state index contributed by atoms with van der Waals surface area (Å²) in [5, 5.41) is 9.91. The highest BCUT2D eigenvalue weighted by atomic mass is 35.5. The number of carboxylic acid groups (broad SMARTS) is 1. The van der Waals surface area contributed by atoms with Gasteiger partial charge in [0, 0.05) is 36.9 Å². The molecular formula is C23H27ClN2O2. The van der Waals surface area contributed by atoms with E-state index >= 15 is 0 Å². The van der Waals surface area contributed by atoms with Gasteiger partial charge in [-0.2, -0.15) is 0 Å². The van der Waals surface area contributed by atoms with E-state index in [1.54, 1.807) is 0 Å². The van der Waals surface area contributed by atoms with Crippen molar-refractivity contribution in [1.29, 1.82) is 0 Å². The second kappa shape index (κ2) is 7.76. The molecule has 2 aromatic carbocycles. The molecule has 0 aromatic heterocycles. The third-order valence-electron chi connectivity index (χ3n) is 6.23. The van der Waals surface area contributed by atoms with Crippen molar-refractivity contribution < 1.29 is 9.90 Å². The lowest BCUT2D eigenvalue weighted by Crippen LogP contribution is -2.49. The number of likely N-dealkylation sites (tertiary alicyclic amines) is 1. The fourth-order valence-electron chi connectivity index (χ4n) is 4.67. The molecule has 1 unspecified atom stereocenters. The molecule has 2 aliphatic rings. The molecule has 5 heteroatoms. The maximum absolute atomic E-state index is 11.1. The molecule has 1 aliphatic carbocycles. The molecular weight excluding hydrogens is 372 g/mol. The molecule has 0 saturated carbocycles. The fourth-order valence-corrected chi connectivity index (χ4v) is 4.78. The number of aryl methyl sites for hydroxylation is 1. The highest BCUT2D eigenvalue weighted by Crippen LogP contribution is 2.40. The first kappa shape index (κ1) is 19.3. The molecule has 1 fully saturated rings. The first-order chi connectivity index (χ1) is 13.5. The van der Waals surface area contributed by atoms with Crippen LogP contribution in [0, 0.1) is 12.8 Å². The Labute approximate surface area is 171 Å². The van der Waals surface area contributed by atoms with Crippen LogP contribution in [0.1, 0.15) is 41.6 Å².